The van der Waals surface area contributed by atoms with E-state index in [1.807, 2.05) is 13.8 Å². The number of benzene rings is 1. The van der Waals surface area contributed by atoms with Crippen LogP contribution in [0, 0.1) is 0 Å². The molecule has 0 fully saturated rings. The summed E-state index contributed by atoms with van der Waals surface area (Å²) in [4.78, 5) is 0.239. The third-order valence-electron chi connectivity index (χ3n) is 2.49. The number of nitrogens with two attached hydrogens (primary N) is 1. The molecule has 0 bridgehead atoms. The predicted molar refractivity (Wildman–Crippen MR) is 71.1 cm³/mol. The molecule has 0 aliphatic rings. The van der Waals surface area contributed by atoms with E-state index in [9.17, 15) is 8.42 Å². The van der Waals surface area contributed by atoms with Gasteiger partial charge >= 0.3 is 0 Å². The van der Waals surface area contributed by atoms with Crippen molar-refractivity contribution in [2.24, 2.45) is 5.73 Å². The summed E-state index contributed by atoms with van der Waals surface area (Å²) < 4.78 is 31.8. The average molecular weight is 272 g/mol. The normalized spacial score (nSPS) is 13.3. The fraction of sp³-hybridized carbons (Fsp3) is 0.500. The first-order chi connectivity index (χ1) is 8.49. The highest BCUT2D eigenvalue weighted by molar-refractivity contribution is 7.89. The van der Waals surface area contributed by atoms with Gasteiger partial charge in [-0.15, -0.1) is 0 Å². The second-order valence-corrected chi connectivity index (χ2v) is 5.75. The Hall–Kier alpha value is -1.11. The molecule has 0 radical (unpaired) electrons. The van der Waals surface area contributed by atoms with Crippen LogP contribution in [0.3, 0.4) is 0 Å². The van der Waals surface area contributed by atoms with Crippen molar-refractivity contribution in [3.63, 3.8) is 0 Å². The number of rotatable bonds is 7. The van der Waals surface area contributed by atoms with Crippen LogP contribution in [0.5, 0.6) is 5.75 Å². The van der Waals surface area contributed by atoms with Crippen LogP contribution in [-0.4, -0.2) is 27.6 Å². The van der Waals surface area contributed by atoms with Crippen molar-refractivity contribution < 1.29 is 13.2 Å². The van der Waals surface area contributed by atoms with Gasteiger partial charge in [-0.1, -0.05) is 6.92 Å². The van der Waals surface area contributed by atoms with Gasteiger partial charge in [-0.3, -0.25) is 0 Å². The van der Waals surface area contributed by atoms with E-state index in [0.717, 1.165) is 6.42 Å². The van der Waals surface area contributed by atoms with Gasteiger partial charge in [-0.2, -0.15) is 0 Å². The lowest BCUT2D eigenvalue weighted by Crippen LogP contribution is -2.31. The van der Waals surface area contributed by atoms with Gasteiger partial charge in [0.05, 0.1) is 4.90 Å². The van der Waals surface area contributed by atoms with Crippen LogP contribution < -0.4 is 15.2 Å². The number of hydrogen-bond acceptors (Lipinski definition) is 4. The molecule has 1 atom stereocenters. The first-order valence-electron chi connectivity index (χ1n) is 5.95. The van der Waals surface area contributed by atoms with Gasteiger partial charge in [0.25, 0.3) is 0 Å². The maximum absolute atomic E-state index is 12.0. The molecule has 0 heterocycles. The number of sulfonamides is 1. The molecular weight excluding hydrogens is 252 g/mol. The summed E-state index contributed by atoms with van der Waals surface area (Å²) in [5.41, 5.74) is 5.31. The minimum Gasteiger partial charge on any atom is -0.492 e. The van der Waals surface area contributed by atoms with Crippen LogP contribution in [-0.2, 0) is 10.0 Å². The third kappa shape index (κ3) is 4.29. The lowest BCUT2D eigenvalue weighted by Gasteiger charge is -2.12. The van der Waals surface area contributed by atoms with E-state index >= 15 is 0 Å². The zero-order chi connectivity index (χ0) is 13.6. The predicted octanol–water partition coefficient (Wildman–Crippen LogP) is 1.10. The highest BCUT2D eigenvalue weighted by atomic mass is 32.2. The van der Waals surface area contributed by atoms with Crippen LogP contribution in [0.15, 0.2) is 29.2 Å². The summed E-state index contributed by atoms with van der Waals surface area (Å²) in [5, 5.41) is 0. The Labute approximate surface area is 108 Å². The molecule has 1 rings (SSSR count). The largest absolute Gasteiger partial charge is 0.492 e. The Bertz CT molecular complexity index is 457. The summed E-state index contributed by atoms with van der Waals surface area (Å²) in [6.07, 6.45) is 0.747. The summed E-state index contributed by atoms with van der Waals surface area (Å²) in [6.45, 7) is 4.60. The van der Waals surface area contributed by atoms with Crippen LogP contribution >= 0.6 is 0 Å². The lowest BCUT2D eigenvalue weighted by atomic mass is 10.3. The second-order valence-electron chi connectivity index (χ2n) is 4.04. The standard InChI is InChI=1S/C12H20N2O3S/c1-3-10(2)14-18(15,16)12-6-4-11(5-7-12)17-9-8-13/h4-7,10,14H,3,8-9,13H2,1-2H3. The number of hydrogen-bond donors (Lipinski definition) is 2. The Morgan fingerprint density at radius 1 is 1.33 bits per heavy atom. The Kier molecular flexibility index (Phi) is 5.58. The molecular formula is C12H20N2O3S. The molecule has 0 spiro atoms. The van der Waals surface area contributed by atoms with Crippen molar-refractivity contribution in [3.8, 4) is 5.75 Å². The van der Waals surface area contributed by atoms with E-state index in [4.69, 9.17) is 10.5 Å². The molecule has 0 saturated heterocycles. The smallest absolute Gasteiger partial charge is 0.240 e. The summed E-state index contributed by atoms with van der Waals surface area (Å²) in [7, 11) is -3.44. The fourth-order valence-corrected chi connectivity index (χ4v) is 2.63. The fourth-order valence-electron chi connectivity index (χ4n) is 1.31. The van der Waals surface area contributed by atoms with Crippen LogP contribution in [0.2, 0.25) is 0 Å². The van der Waals surface area contributed by atoms with Crippen LogP contribution in [0.1, 0.15) is 20.3 Å². The molecule has 3 N–H and O–H groups in total. The minimum absolute atomic E-state index is 0.0804. The van der Waals surface area contributed by atoms with Gasteiger partial charge < -0.3 is 10.5 Å². The van der Waals surface area contributed by atoms with Crippen molar-refractivity contribution in [1.82, 2.24) is 4.72 Å². The van der Waals surface area contributed by atoms with Gasteiger partial charge in [0, 0.05) is 12.6 Å². The Morgan fingerprint density at radius 2 is 1.94 bits per heavy atom. The molecule has 0 aliphatic carbocycles. The van der Waals surface area contributed by atoms with E-state index in [-0.39, 0.29) is 10.9 Å². The highest BCUT2D eigenvalue weighted by Gasteiger charge is 2.16. The van der Waals surface area contributed by atoms with Crippen molar-refractivity contribution in [2.75, 3.05) is 13.2 Å². The highest BCUT2D eigenvalue weighted by Crippen LogP contribution is 2.16. The zero-order valence-corrected chi connectivity index (χ0v) is 11.5. The van der Waals surface area contributed by atoms with E-state index in [0.29, 0.717) is 18.9 Å². The lowest BCUT2D eigenvalue weighted by molar-refractivity contribution is 0.328. The van der Waals surface area contributed by atoms with Crippen molar-refractivity contribution in [3.05, 3.63) is 24.3 Å². The van der Waals surface area contributed by atoms with Crippen LogP contribution in [0.4, 0.5) is 0 Å². The maximum Gasteiger partial charge on any atom is 0.240 e. The first kappa shape index (κ1) is 14.9. The van der Waals surface area contributed by atoms with Gasteiger partial charge in [0.15, 0.2) is 0 Å². The van der Waals surface area contributed by atoms with E-state index in [2.05, 4.69) is 4.72 Å². The zero-order valence-electron chi connectivity index (χ0n) is 10.7. The van der Waals surface area contributed by atoms with Gasteiger partial charge in [-0.25, -0.2) is 13.1 Å². The SMILES string of the molecule is CCC(C)NS(=O)(=O)c1ccc(OCCN)cc1. The second kappa shape index (κ2) is 6.72. The molecule has 0 aliphatic heterocycles. The molecule has 18 heavy (non-hydrogen) atoms. The molecule has 6 heteroatoms. The van der Waals surface area contributed by atoms with E-state index in [1.165, 1.54) is 12.1 Å². The number of nitrogens with one attached hydrogen (secondary N) is 1. The monoisotopic (exact) mass is 272 g/mol. The molecule has 0 saturated carbocycles. The van der Waals surface area contributed by atoms with Gasteiger partial charge in [-0.05, 0) is 37.6 Å². The van der Waals surface area contributed by atoms with Crippen LogP contribution in [0.25, 0.3) is 0 Å². The minimum atomic E-state index is -3.44. The van der Waals surface area contributed by atoms with Crippen molar-refractivity contribution in [1.29, 1.82) is 0 Å². The Morgan fingerprint density at radius 3 is 2.44 bits per heavy atom. The molecule has 5 nitrogen and oxygen atoms in total. The topological polar surface area (TPSA) is 81.4 Å². The quantitative estimate of drug-likeness (QED) is 0.779. The first-order valence-corrected chi connectivity index (χ1v) is 7.43. The van der Waals surface area contributed by atoms with Gasteiger partial charge in [0.2, 0.25) is 10.0 Å². The maximum atomic E-state index is 12.0. The summed E-state index contributed by atoms with van der Waals surface area (Å²) in [6, 6.07) is 6.22. The van der Waals surface area contributed by atoms with Crippen molar-refractivity contribution >= 4 is 10.0 Å². The average Bonchev–Trinajstić information content (AvgIpc) is 2.36. The van der Waals surface area contributed by atoms with E-state index in [1.54, 1.807) is 12.1 Å². The molecule has 0 aromatic heterocycles. The molecule has 1 unspecified atom stereocenters. The Balaban J connectivity index is 2.77. The molecule has 1 aromatic carbocycles. The van der Waals surface area contributed by atoms with E-state index < -0.39 is 10.0 Å². The number of ether oxygens (including phenoxy) is 1. The molecule has 1 aromatic rings. The summed E-state index contributed by atoms with van der Waals surface area (Å²) >= 11 is 0. The van der Waals surface area contributed by atoms with Gasteiger partial charge in [0.1, 0.15) is 12.4 Å². The molecule has 102 valence electrons. The molecule has 0 amide bonds. The third-order valence-corrected chi connectivity index (χ3v) is 4.09. The summed E-state index contributed by atoms with van der Waals surface area (Å²) in [5.74, 6) is 0.614. The van der Waals surface area contributed by atoms with Crippen molar-refractivity contribution in [2.45, 2.75) is 31.2 Å².